The fraction of sp³-hybridized carbons (Fsp3) is 1.00. The molecule has 0 radical (unpaired) electrons. The van der Waals surface area contributed by atoms with Crippen LogP contribution in [0.4, 0.5) is 0 Å². The Bertz CT molecular complexity index is 205. The molecule has 1 nitrogen and oxygen atoms in total. The first-order valence-electron chi connectivity index (χ1n) is 3.74. The molecule has 68 valence electrons. The van der Waals surface area contributed by atoms with E-state index in [1.807, 2.05) is 0 Å². The normalized spacial score (nSPS) is 16.9. The van der Waals surface area contributed by atoms with Crippen molar-refractivity contribution in [1.82, 2.24) is 0 Å². The molecule has 0 heterocycles. The van der Waals surface area contributed by atoms with Crippen LogP contribution in [0.15, 0.2) is 2.81 Å². The van der Waals surface area contributed by atoms with Gasteiger partial charge in [0, 0.05) is 0 Å². The summed E-state index contributed by atoms with van der Waals surface area (Å²) < 4.78 is 5.48. The van der Waals surface area contributed by atoms with Crippen LogP contribution in [-0.4, -0.2) is 29.4 Å². The van der Waals surface area contributed by atoms with E-state index in [2.05, 4.69) is 58.1 Å². The van der Waals surface area contributed by atoms with E-state index in [1.54, 1.807) is 0 Å². The molecule has 0 fully saturated rings. The second-order valence-electron chi connectivity index (χ2n) is 4.55. The average molecular weight is 399 g/mol. The Kier molecular flexibility index (Phi) is 4.75. The number of halogens is 1. The Morgan fingerprint density at radius 2 is 1.55 bits per heavy atom. The SMILES string of the molecule is CC(C)(C)I(=[Te])=N[Si](C)(C)C. The van der Waals surface area contributed by atoms with Crippen LogP contribution in [-0.2, 0) is 0 Å². The van der Waals surface area contributed by atoms with Crippen LogP contribution in [0.1, 0.15) is 20.8 Å². The molecule has 11 heavy (non-hydrogen) atoms. The predicted octanol–water partition coefficient (Wildman–Crippen LogP) is 3.39. The van der Waals surface area contributed by atoms with Crippen molar-refractivity contribution < 1.29 is 0 Å². The summed E-state index contributed by atoms with van der Waals surface area (Å²) in [7, 11) is -1.13. The van der Waals surface area contributed by atoms with E-state index < -0.39 is 23.4 Å². The molecular formula is C7H18INSiTe. The van der Waals surface area contributed by atoms with Gasteiger partial charge in [-0.1, -0.05) is 0 Å². The van der Waals surface area contributed by atoms with Gasteiger partial charge in [0.1, 0.15) is 0 Å². The molecule has 0 aromatic carbocycles. The van der Waals surface area contributed by atoms with E-state index in [-0.39, 0.29) is 0 Å². The van der Waals surface area contributed by atoms with Crippen molar-refractivity contribution in [3.05, 3.63) is 0 Å². The van der Waals surface area contributed by atoms with Crippen molar-refractivity contribution in [3.63, 3.8) is 0 Å². The fourth-order valence-corrected chi connectivity index (χ4v) is 19.1. The Hall–Kier alpha value is 1.54. The predicted molar refractivity (Wildman–Crippen MR) is 65.3 cm³/mol. The first kappa shape index (κ1) is 12.5. The molecule has 0 amide bonds. The summed E-state index contributed by atoms with van der Waals surface area (Å²) in [5, 5.41) is 0. The van der Waals surface area contributed by atoms with Gasteiger partial charge in [-0.2, -0.15) is 0 Å². The molecule has 0 aliphatic carbocycles. The maximum absolute atomic E-state index is 4.98. The molecule has 0 atom stereocenters. The average Bonchev–Trinajstić information content (AvgIpc) is 1.56. The standard InChI is InChI=1S/C7H18INSiTe/c1-7(2,3)8(11)9-10(4,5)6/h1-6H3. The van der Waals surface area contributed by atoms with Gasteiger partial charge >= 0.3 is 87.7 Å². The van der Waals surface area contributed by atoms with E-state index >= 15 is 0 Å². The first-order valence-corrected chi connectivity index (χ1v) is 16.0. The minimum absolute atomic E-state index is 0.495. The van der Waals surface area contributed by atoms with Crippen molar-refractivity contribution in [2.45, 2.75) is 43.8 Å². The van der Waals surface area contributed by atoms with Gasteiger partial charge in [-0.3, -0.25) is 0 Å². The molecule has 0 aliphatic heterocycles. The van der Waals surface area contributed by atoms with E-state index in [0.717, 1.165) is 0 Å². The molecule has 0 saturated heterocycles. The molecule has 0 rings (SSSR count). The Balaban J connectivity index is 4.64. The van der Waals surface area contributed by atoms with Gasteiger partial charge in [0.25, 0.3) is 0 Å². The summed E-state index contributed by atoms with van der Waals surface area (Å²) in [6, 6.07) is 0. The first-order chi connectivity index (χ1) is 4.63. The van der Waals surface area contributed by atoms with Crippen LogP contribution in [0, 0.1) is 0 Å². The second kappa shape index (κ2) is 4.16. The van der Waals surface area contributed by atoms with Gasteiger partial charge in [0.2, 0.25) is 0 Å². The van der Waals surface area contributed by atoms with Crippen molar-refractivity contribution in [2.24, 2.45) is 2.81 Å². The third kappa shape index (κ3) is 6.68. The quantitative estimate of drug-likeness (QED) is 0.365. The summed E-state index contributed by atoms with van der Waals surface area (Å²) in [5.74, 6) is 0. The van der Waals surface area contributed by atoms with Gasteiger partial charge < -0.3 is 0 Å². The van der Waals surface area contributed by atoms with Gasteiger partial charge in [-0.25, -0.2) is 0 Å². The number of hydrogen-bond acceptors (Lipinski definition) is 1. The fourth-order valence-electron chi connectivity index (χ4n) is 0.357. The molecule has 0 spiro atoms. The summed E-state index contributed by atoms with van der Waals surface area (Å²) in [4.78, 5) is 0. The molecule has 0 saturated carbocycles. The Morgan fingerprint density at radius 3 is 1.64 bits per heavy atom. The van der Waals surface area contributed by atoms with E-state index in [9.17, 15) is 0 Å². The molecule has 0 aromatic rings. The van der Waals surface area contributed by atoms with E-state index in [4.69, 9.17) is 2.81 Å². The van der Waals surface area contributed by atoms with E-state index in [0.29, 0.717) is 3.42 Å². The van der Waals surface area contributed by atoms with Crippen LogP contribution < -0.4 is 0 Å². The summed E-state index contributed by atoms with van der Waals surface area (Å²) >= 11 is 1.32. The molecule has 0 aromatic heterocycles. The summed E-state index contributed by atoms with van der Waals surface area (Å²) in [5.41, 5.74) is 0. The molecule has 0 N–H and O–H groups in total. The zero-order valence-electron chi connectivity index (χ0n) is 8.23. The van der Waals surface area contributed by atoms with Crippen LogP contribution in [0.5, 0.6) is 0 Å². The van der Waals surface area contributed by atoms with Crippen molar-refractivity contribution in [2.75, 3.05) is 0 Å². The molecule has 0 aliphatic rings. The molecule has 0 bridgehead atoms. The van der Waals surface area contributed by atoms with Crippen molar-refractivity contribution >= 4 is 41.1 Å². The van der Waals surface area contributed by atoms with Crippen LogP contribution >= 0.6 is 15.1 Å². The second-order valence-corrected chi connectivity index (χ2v) is 20.7. The Morgan fingerprint density at radius 1 is 1.18 bits per heavy atom. The summed E-state index contributed by atoms with van der Waals surface area (Å²) in [6.45, 7) is 14.0. The summed E-state index contributed by atoms with van der Waals surface area (Å²) in [6.07, 6.45) is 0. The molecule has 4 heteroatoms. The van der Waals surface area contributed by atoms with Crippen molar-refractivity contribution in [1.29, 1.82) is 0 Å². The monoisotopic (exact) mass is 401 g/mol. The topological polar surface area (TPSA) is 12.4 Å². The van der Waals surface area contributed by atoms with Gasteiger partial charge in [0.15, 0.2) is 0 Å². The van der Waals surface area contributed by atoms with Gasteiger partial charge in [-0.05, 0) is 0 Å². The number of rotatable bonds is 1. The van der Waals surface area contributed by atoms with E-state index in [1.165, 1.54) is 0 Å². The Labute approximate surface area is 86.8 Å². The van der Waals surface area contributed by atoms with Crippen LogP contribution in [0.25, 0.3) is 0 Å². The zero-order valence-corrected chi connectivity index (χ0v) is 13.7. The molecular weight excluding hydrogens is 381 g/mol. The minimum atomic E-state index is -1.13. The third-order valence-electron chi connectivity index (χ3n) is 0.815. The van der Waals surface area contributed by atoms with Crippen LogP contribution in [0.2, 0.25) is 19.6 Å². The number of hydrogen-bond donors (Lipinski definition) is 0. The molecule has 0 unspecified atom stereocenters. The number of alkyl halides is 1. The van der Waals surface area contributed by atoms with Gasteiger partial charge in [0.05, 0.1) is 0 Å². The van der Waals surface area contributed by atoms with Crippen LogP contribution in [0.3, 0.4) is 0 Å². The van der Waals surface area contributed by atoms with Gasteiger partial charge in [-0.15, -0.1) is 0 Å². The maximum atomic E-state index is 4.98. The number of nitrogens with zero attached hydrogens (tertiary/aromatic N) is 1. The van der Waals surface area contributed by atoms with Crippen molar-refractivity contribution in [3.8, 4) is 0 Å². The zero-order chi connectivity index (χ0) is 9.28. The third-order valence-corrected chi connectivity index (χ3v) is 22.7.